The molecular formula is C23H19BrFN3O4. The minimum atomic E-state index is -0.535. The van der Waals surface area contributed by atoms with Crippen LogP contribution in [0.2, 0.25) is 0 Å². The number of carbonyl (C=O) groups is 2. The van der Waals surface area contributed by atoms with Crippen molar-refractivity contribution in [3.8, 4) is 11.5 Å². The molecule has 0 unspecified atom stereocenters. The number of hydrazone groups is 1. The molecule has 0 heterocycles. The molecule has 0 aromatic heterocycles. The molecule has 0 atom stereocenters. The van der Waals surface area contributed by atoms with Crippen LogP contribution in [0.5, 0.6) is 11.5 Å². The first kappa shape index (κ1) is 23.0. The zero-order valence-corrected chi connectivity index (χ0v) is 18.8. The molecule has 3 aromatic carbocycles. The highest BCUT2D eigenvalue weighted by molar-refractivity contribution is 9.10. The molecule has 9 heteroatoms. The van der Waals surface area contributed by atoms with Crippen LogP contribution in [0, 0.1) is 5.82 Å². The number of methoxy groups -OCH3 is 2. The fourth-order valence-electron chi connectivity index (χ4n) is 2.76. The van der Waals surface area contributed by atoms with E-state index in [4.69, 9.17) is 9.47 Å². The van der Waals surface area contributed by atoms with E-state index in [1.807, 2.05) is 0 Å². The number of hydrogen-bond acceptors (Lipinski definition) is 5. The van der Waals surface area contributed by atoms with E-state index in [-0.39, 0.29) is 11.4 Å². The lowest BCUT2D eigenvalue weighted by Crippen LogP contribution is -2.21. The van der Waals surface area contributed by atoms with Crippen LogP contribution >= 0.6 is 15.9 Å². The quantitative estimate of drug-likeness (QED) is 0.366. The van der Waals surface area contributed by atoms with Gasteiger partial charge in [-0.1, -0.05) is 28.1 Å². The molecule has 0 aliphatic rings. The van der Waals surface area contributed by atoms with E-state index in [0.29, 0.717) is 32.8 Å². The Morgan fingerprint density at radius 1 is 0.938 bits per heavy atom. The molecule has 164 valence electrons. The lowest BCUT2D eigenvalue weighted by atomic mass is 10.1. The number of anilines is 1. The molecule has 3 aromatic rings. The summed E-state index contributed by atoms with van der Waals surface area (Å²) in [4.78, 5) is 25.4. The van der Waals surface area contributed by atoms with Crippen molar-refractivity contribution in [1.29, 1.82) is 0 Å². The molecule has 0 bridgehead atoms. The number of nitrogens with zero attached hydrogens (tertiary/aromatic N) is 1. The molecule has 2 amide bonds. The van der Waals surface area contributed by atoms with Crippen molar-refractivity contribution in [2.24, 2.45) is 5.10 Å². The molecule has 0 fully saturated rings. The van der Waals surface area contributed by atoms with Gasteiger partial charge in [-0.3, -0.25) is 9.59 Å². The molecule has 0 aliphatic heterocycles. The Kier molecular flexibility index (Phi) is 7.56. The molecule has 0 saturated carbocycles. The smallest absolute Gasteiger partial charge is 0.273 e. The Morgan fingerprint density at radius 3 is 2.34 bits per heavy atom. The van der Waals surface area contributed by atoms with Gasteiger partial charge in [-0.25, -0.2) is 9.82 Å². The maximum absolute atomic E-state index is 13.0. The maximum atomic E-state index is 13.0. The van der Waals surface area contributed by atoms with E-state index in [0.717, 1.165) is 0 Å². The molecule has 2 N–H and O–H groups in total. The first-order chi connectivity index (χ1) is 15.4. The summed E-state index contributed by atoms with van der Waals surface area (Å²) in [6, 6.07) is 15.2. The highest BCUT2D eigenvalue weighted by atomic mass is 79.9. The predicted molar refractivity (Wildman–Crippen MR) is 123 cm³/mol. The van der Waals surface area contributed by atoms with Crippen LogP contribution in [-0.4, -0.2) is 32.2 Å². The Labute approximate surface area is 192 Å². The lowest BCUT2D eigenvalue weighted by molar-refractivity contribution is 0.0956. The monoisotopic (exact) mass is 499 g/mol. The molecule has 7 nitrogen and oxygen atoms in total. The molecule has 0 radical (unpaired) electrons. The number of nitrogens with one attached hydrogen (secondary N) is 2. The minimum absolute atomic E-state index is 0.199. The van der Waals surface area contributed by atoms with Crippen molar-refractivity contribution in [2.45, 2.75) is 0 Å². The standard InChI is InChI=1S/C23H19BrFN3O4/c1-31-20-10-5-15(11-21(20)32-2)22(29)27-19-9-6-16(24)12-18(19)23(30)28-26-13-14-3-7-17(25)8-4-14/h3-13H,1-2H3,(H,27,29)(H,28,30). The summed E-state index contributed by atoms with van der Waals surface area (Å²) in [6.45, 7) is 0. The van der Waals surface area contributed by atoms with E-state index in [1.165, 1.54) is 44.7 Å². The van der Waals surface area contributed by atoms with Crippen molar-refractivity contribution < 1.29 is 23.5 Å². The van der Waals surface area contributed by atoms with Crippen LogP contribution in [-0.2, 0) is 0 Å². The number of ether oxygens (including phenoxy) is 2. The average molecular weight is 500 g/mol. The Morgan fingerprint density at radius 2 is 1.66 bits per heavy atom. The molecular weight excluding hydrogens is 481 g/mol. The van der Waals surface area contributed by atoms with Crippen molar-refractivity contribution in [1.82, 2.24) is 5.43 Å². The first-order valence-corrected chi connectivity index (χ1v) is 10.1. The summed E-state index contributed by atoms with van der Waals surface area (Å²) >= 11 is 3.33. The molecule has 32 heavy (non-hydrogen) atoms. The second-order valence-electron chi connectivity index (χ2n) is 6.46. The van der Waals surface area contributed by atoms with Crippen LogP contribution in [0.15, 0.2) is 70.2 Å². The summed E-state index contributed by atoms with van der Waals surface area (Å²) in [6.07, 6.45) is 1.39. The second-order valence-corrected chi connectivity index (χ2v) is 7.38. The normalized spacial score (nSPS) is 10.6. The van der Waals surface area contributed by atoms with Gasteiger partial charge in [0.1, 0.15) is 5.82 Å². The van der Waals surface area contributed by atoms with E-state index >= 15 is 0 Å². The zero-order chi connectivity index (χ0) is 23.1. The summed E-state index contributed by atoms with van der Waals surface area (Å²) < 4.78 is 24.0. The van der Waals surface area contributed by atoms with Gasteiger partial charge in [0, 0.05) is 10.0 Å². The van der Waals surface area contributed by atoms with E-state index in [9.17, 15) is 14.0 Å². The van der Waals surface area contributed by atoms with Crippen molar-refractivity contribution in [3.63, 3.8) is 0 Å². The Bertz CT molecular complexity index is 1170. The second kappa shape index (κ2) is 10.5. The van der Waals surface area contributed by atoms with Crippen LogP contribution in [0.4, 0.5) is 10.1 Å². The van der Waals surface area contributed by atoms with Crippen LogP contribution in [0.3, 0.4) is 0 Å². The SMILES string of the molecule is COc1ccc(C(=O)Nc2ccc(Br)cc2C(=O)NN=Cc2ccc(F)cc2)cc1OC. The van der Waals surface area contributed by atoms with Gasteiger partial charge in [-0.15, -0.1) is 0 Å². The van der Waals surface area contributed by atoms with Crippen LogP contribution in [0.1, 0.15) is 26.3 Å². The lowest BCUT2D eigenvalue weighted by Gasteiger charge is -2.12. The van der Waals surface area contributed by atoms with Crippen molar-refractivity contribution in [2.75, 3.05) is 19.5 Å². The van der Waals surface area contributed by atoms with Gasteiger partial charge in [0.2, 0.25) is 0 Å². The fourth-order valence-corrected chi connectivity index (χ4v) is 3.12. The molecule has 0 saturated heterocycles. The summed E-state index contributed by atoms with van der Waals surface area (Å²) in [5.41, 5.74) is 3.84. The van der Waals surface area contributed by atoms with Gasteiger partial charge >= 0.3 is 0 Å². The highest BCUT2D eigenvalue weighted by Crippen LogP contribution is 2.28. The van der Waals surface area contributed by atoms with Crippen LogP contribution < -0.4 is 20.2 Å². The first-order valence-electron chi connectivity index (χ1n) is 9.33. The number of amides is 2. The van der Waals surface area contributed by atoms with Crippen LogP contribution in [0.25, 0.3) is 0 Å². The number of benzene rings is 3. The third-order valence-electron chi connectivity index (χ3n) is 4.37. The summed E-state index contributed by atoms with van der Waals surface area (Å²) in [5.74, 6) is -0.435. The Balaban J connectivity index is 1.77. The summed E-state index contributed by atoms with van der Waals surface area (Å²) in [7, 11) is 2.98. The van der Waals surface area contributed by atoms with Crippen molar-refractivity contribution >= 4 is 39.6 Å². The van der Waals surface area contributed by atoms with E-state index in [2.05, 4.69) is 31.8 Å². The Hall–Kier alpha value is -3.72. The number of halogens is 2. The molecule has 3 rings (SSSR count). The number of rotatable bonds is 7. The topological polar surface area (TPSA) is 89.0 Å². The zero-order valence-electron chi connectivity index (χ0n) is 17.2. The molecule has 0 aliphatic carbocycles. The average Bonchev–Trinajstić information content (AvgIpc) is 2.80. The maximum Gasteiger partial charge on any atom is 0.273 e. The van der Waals surface area contributed by atoms with Gasteiger partial charge in [-0.2, -0.15) is 5.10 Å². The summed E-state index contributed by atoms with van der Waals surface area (Å²) in [5, 5.41) is 6.62. The fraction of sp³-hybridized carbons (Fsp3) is 0.0870. The van der Waals surface area contributed by atoms with E-state index < -0.39 is 11.8 Å². The predicted octanol–water partition coefficient (Wildman–Crippen LogP) is 4.62. The minimum Gasteiger partial charge on any atom is -0.493 e. The van der Waals surface area contributed by atoms with E-state index in [1.54, 1.807) is 36.4 Å². The van der Waals surface area contributed by atoms with Gasteiger partial charge in [-0.05, 0) is 54.1 Å². The number of carbonyl (C=O) groups excluding carboxylic acids is 2. The third kappa shape index (κ3) is 5.70. The van der Waals surface area contributed by atoms with Gasteiger partial charge in [0.25, 0.3) is 11.8 Å². The van der Waals surface area contributed by atoms with Gasteiger partial charge in [0.15, 0.2) is 11.5 Å². The van der Waals surface area contributed by atoms with Gasteiger partial charge in [0.05, 0.1) is 31.7 Å². The van der Waals surface area contributed by atoms with Gasteiger partial charge < -0.3 is 14.8 Å². The largest absolute Gasteiger partial charge is 0.493 e. The third-order valence-corrected chi connectivity index (χ3v) is 4.86. The molecule has 0 spiro atoms. The van der Waals surface area contributed by atoms with Crippen molar-refractivity contribution in [3.05, 3.63) is 87.6 Å². The highest BCUT2D eigenvalue weighted by Gasteiger charge is 2.16. The number of hydrogen-bond donors (Lipinski definition) is 2.